The molecular formula is C26H21FN4S. The van der Waals surface area contributed by atoms with Gasteiger partial charge in [-0.25, -0.2) is 14.4 Å². The van der Waals surface area contributed by atoms with Crippen molar-refractivity contribution in [2.45, 2.75) is 26.7 Å². The third-order valence-corrected chi connectivity index (χ3v) is 7.13. The number of nitrogens with one attached hydrogen (secondary N) is 2. The van der Waals surface area contributed by atoms with Crippen LogP contribution in [0.15, 0.2) is 54.7 Å². The predicted octanol–water partition coefficient (Wildman–Crippen LogP) is 7.56. The van der Waals surface area contributed by atoms with Crippen molar-refractivity contribution in [3.05, 3.63) is 72.2 Å². The van der Waals surface area contributed by atoms with E-state index >= 15 is 0 Å². The Morgan fingerprint density at radius 3 is 2.47 bits per heavy atom. The normalized spacial score (nSPS) is 12.0. The van der Waals surface area contributed by atoms with Crippen LogP contribution in [0.1, 0.15) is 31.4 Å². The summed E-state index contributed by atoms with van der Waals surface area (Å²) in [4.78, 5) is 15.6. The van der Waals surface area contributed by atoms with E-state index in [1.807, 2.05) is 19.1 Å². The highest BCUT2D eigenvalue weighted by atomic mass is 32.1. The molecule has 0 fully saturated rings. The number of thiophene rings is 1. The second kappa shape index (κ2) is 7.00. The second-order valence-corrected chi connectivity index (χ2v) is 9.56. The van der Waals surface area contributed by atoms with Crippen LogP contribution in [0, 0.1) is 12.7 Å². The minimum atomic E-state index is -0.262. The van der Waals surface area contributed by atoms with E-state index < -0.39 is 0 Å². The summed E-state index contributed by atoms with van der Waals surface area (Å²) >= 11 is 1.74. The van der Waals surface area contributed by atoms with Gasteiger partial charge in [0.25, 0.3) is 0 Å². The highest BCUT2D eigenvalue weighted by molar-refractivity contribution is 7.26. The molecule has 0 amide bonds. The molecule has 0 unspecified atom stereocenters. The van der Waals surface area contributed by atoms with Crippen LogP contribution >= 0.6 is 11.3 Å². The van der Waals surface area contributed by atoms with Crippen LogP contribution in [-0.2, 0) is 0 Å². The molecule has 0 aliphatic carbocycles. The lowest BCUT2D eigenvalue weighted by molar-refractivity contribution is 0.631. The Hall–Kier alpha value is -3.51. The third kappa shape index (κ3) is 2.94. The summed E-state index contributed by atoms with van der Waals surface area (Å²) in [5, 5.41) is 2.41. The van der Waals surface area contributed by atoms with Gasteiger partial charge >= 0.3 is 0 Å². The molecule has 158 valence electrons. The van der Waals surface area contributed by atoms with Crippen LogP contribution in [0.25, 0.3) is 53.6 Å². The van der Waals surface area contributed by atoms with Gasteiger partial charge < -0.3 is 9.97 Å². The molecule has 4 nitrogen and oxygen atoms in total. The zero-order chi connectivity index (χ0) is 22.0. The van der Waals surface area contributed by atoms with E-state index in [1.54, 1.807) is 23.6 Å². The first-order valence-corrected chi connectivity index (χ1v) is 11.5. The molecule has 3 heterocycles. The summed E-state index contributed by atoms with van der Waals surface area (Å²) in [5.74, 6) is 1.86. The van der Waals surface area contributed by atoms with Crippen molar-refractivity contribution >= 4 is 42.5 Å². The van der Waals surface area contributed by atoms with Crippen molar-refractivity contribution < 1.29 is 4.39 Å². The summed E-state index contributed by atoms with van der Waals surface area (Å²) in [7, 11) is 0. The van der Waals surface area contributed by atoms with E-state index in [1.165, 1.54) is 20.2 Å². The zero-order valence-corrected chi connectivity index (χ0v) is 18.8. The van der Waals surface area contributed by atoms with Crippen molar-refractivity contribution in [1.82, 2.24) is 19.9 Å². The van der Waals surface area contributed by atoms with E-state index in [9.17, 15) is 4.39 Å². The molecule has 0 aliphatic rings. The molecule has 2 N–H and O–H groups in total. The highest BCUT2D eigenvalue weighted by Gasteiger charge is 2.15. The first-order chi connectivity index (χ1) is 15.5. The van der Waals surface area contributed by atoms with Crippen molar-refractivity contribution in [2.24, 2.45) is 0 Å². The SMILES string of the molecule is Cc1ncc(-c2ccc(-c3ccc4c(c3)sc3c4ccc4[nH]c(C(C)C)nc43)cc2F)[nH]1. The van der Waals surface area contributed by atoms with Gasteiger partial charge in [-0.2, -0.15) is 0 Å². The van der Waals surface area contributed by atoms with Crippen molar-refractivity contribution in [3.63, 3.8) is 0 Å². The minimum Gasteiger partial charge on any atom is -0.342 e. The summed E-state index contributed by atoms with van der Waals surface area (Å²) in [6, 6.07) is 16.0. The monoisotopic (exact) mass is 440 g/mol. The predicted molar refractivity (Wildman–Crippen MR) is 131 cm³/mol. The van der Waals surface area contributed by atoms with Crippen LogP contribution in [0.2, 0.25) is 0 Å². The molecular weight excluding hydrogens is 419 g/mol. The van der Waals surface area contributed by atoms with Crippen molar-refractivity contribution in [1.29, 1.82) is 0 Å². The van der Waals surface area contributed by atoms with Gasteiger partial charge in [0, 0.05) is 27.0 Å². The fourth-order valence-electron chi connectivity index (χ4n) is 4.25. The molecule has 3 aromatic carbocycles. The summed E-state index contributed by atoms with van der Waals surface area (Å²) in [5.41, 5.74) is 5.17. The van der Waals surface area contributed by atoms with Crippen molar-refractivity contribution in [3.8, 4) is 22.4 Å². The lowest BCUT2D eigenvalue weighted by Gasteiger charge is -2.06. The van der Waals surface area contributed by atoms with E-state index in [4.69, 9.17) is 4.98 Å². The molecule has 0 radical (unpaired) electrons. The largest absolute Gasteiger partial charge is 0.342 e. The fourth-order valence-corrected chi connectivity index (χ4v) is 5.48. The lowest BCUT2D eigenvalue weighted by atomic mass is 10.0. The Morgan fingerprint density at radius 2 is 1.72 bits per heavy atom. The van der Waals surface area contributed by atoms with E-state index in [0.717, 1.165) is 33.8 Å². The minimum absolute atomic E-state index is 0.262. The summed E-state index contributed by atoms with van der Waals surface area (Å²) < 4.78 is 17.3. The van der Waals surface area contributed by atoms with Gasteiger partial charge in [0.05, 0.1) is 22.1 Å². The van der Waals surface area contributed by atoms with Crippen LogP contribution in [0.4, 0.5) is 4.39 Å². The number of aromatic amines is 2. The zero-order valence-electron chi connectivity index (χ0n) is 18.0. The Bertz CT molecular complexity index is 1640. The Morgan fingerprint density at radius 1 is 0.938 bits per heavy atom. The smallest absolute Gasteiger partial charge is 0.133 e. The number of rotatable bonds is 3. The van der Waals surface area contributed by atoms with Gasteiger partial charge in [-0.1, -0.05) is 38.1 Å². The number of benzene rings is 3. The van der Waals surface area contributed by atoms with Gasteiger partial charge in [0.1, 0.15) is 23.0 Å². The lowest BCUT2D eigenvalue weighted by Crippen LogP contribution is -1.88. The van der Waals surface area contributed by atoms with E-state index in [0.29, 0.717) is 17.2 Å². The number of imidazole rings is 2. The number of aromatic nitrogens is 4. The molecule has 6 aromatic rings. The average Bonchev–Trinajstić information content (AvgIpc) is 3.48. The maximum absolute atomic E-state index is 14.9. The fraction of sp³-hybridized carbons (Fsp3) is 0.154. The molecule has 3 aromatic heterocycles. The molecule has 0 saturated heterocycles. The molecule has 0 bridgehead atoms. The third-order valence-electron chi connectivity index (χ3n) is 5.95. The first kappa shape index (κ1) is 19.2. The van der Waals surface area contributed by atoms with Gasteiger partial charge in [-0.15, -0.1) is 11.3 Å². The number of hydrogen-bond acceptors (Lipinski definition) is 3. The number of halogens is 1. The molecule has 0 aliphatic heterocycles. The molecule has 32 heavy (non-hydrogen) atoms. The maximum atomic E-state index is 14.9. The van der Waals surface area contributed by atoms with Gasteiger partial charge in [0.2, 0.25) is 0 Å². The maximum Gasteiger partial charge on any atom is 0.133 e. The molecule has 0 spiro atoms. The standard InChI is InChI=1S/C26H21FN4S/c1-13(2)26-30-21-9-8-18-17-6-4-16(11-23(17)32-25(18)24(21)31-26)15-5-7-19(20(27)10-15)22-12-28-14(3)29-22/h4-13H,1-3H3,(H,28,29)(H,30,31). The Kier molecular flexibility index (Phi) is 4.20. The highest BCUT2D eigenvalue weighted by Crippen LogP contribution is 2.40. The number of hydrogen-bond donors (Lipinski definition) is 2. The van der Waals surface area contributed by atoms with Gasteiger partial charge in [-0.05, 0) is 42.3 Å². The molecule has 6 heteroatoms. The second-order valence-electron chi connectivity index (χ2n) is 8.51. The van der Waals surface area contributed by atoms with E-state index in [-0.39, 0.29) is 5.82 Å². The summed E-state index contributed by atoms with van der Waals surface area (Å²) in [6.45, 7) is 6.14. The van der Waals surface area contributed by atoms with Crippen LogP contribution in [-0.4, -0.2) is 19.9 Å². The van der Waals surface area contributed by atoms with Crippen LogP contribution in [0.3, 0.4) is 0 Å². The van der Waals surface area contributed by atoms with Gasteiger partial charge in [-0.3, -0.25) is 0 Å². The van der Waals surface area contributed by atoms with Gasteiger partial charge in [0.15, 0.2) is 0 Å². The average molecular weight is 441 g/mol. The number of aryl methyl sites for hydroxylation is 1. The number of H-pyrrole nitrogens is 2. The van der Waals surface area contributed by atoms with Crippen LogP contribution in [0.5, 0.6) is 0 Å². The topological polar surface area (TPSA) is 57.4 Å². The Labute approximate surface area is 188 Å². The first-order valence-electron chi connectivity index (χ1n) is 10.6. The van der Waals surface area contributed by atoms with Crippen LogP contribution < -0.4 is 0 Å². The summed E-state index contributed by atoms with van der Waals surface area (Å²) in [6.07, 6.45) is 1.66. The molecule has 0 atom stereocenters. The number of nitrogens with zero attached hydrogens (tertiary/aromatic N) is 2. The quantitative estimate of drug-likeness (QED) is 0.298. The number of fused-ring (bicyclic) bond motifs is 5. The Balaban J connectivity index is 1.47. The van der Waals surface area contributed by atoms with E-state index in [2.05, 4.69) is 59.1 Å². The molecule has 6 rings (SSSR count). The molecule has 0 saturated carbocycles. The van der Waals surface area contributed by atoms with Crippen molar-refractivity contribution in [2.75, 3.05) is 0 Å².